The van der Waals surface area contributed by atoms with Crippen LogP contribution in [0.4, 0.5) is 18.9 Å². The Morgan fingerprint density at radius 1 is 0.953 bits per heavy atom. The second-order valence-electron chi connectivity index (χ2n) is 10.4. The average molecular weight is 593 g/mol. The number of benzene rings is 2. The van der Waals surface area contributed by atoms with E-state index < -0.39 is 17.8 Å². The maximum atomic E-state index is 14.1. The van der Waals surface area contributed by atoms with Crippen molar-refractivity contribution >= 4 is 17.2 Å². The van der Waals surface area contributed by atoms with E-state index in [1.165, 1.54) is 6.07 Å². The number of nitrogens with zero attached hydrogens (tertiary/aromatic N) is 5. The highest BCUT2D eigenvalue weighted by atomic mass is 19.4. The molecule has 0 aliphatic heterocycles. The van der Waals surface area contributed by atoms with Crippen LogP contribution >= 0.6 is 0 Å². The maximum Gasteiger partial charge on any atom is 0.433 e. The molecule has 12 heteroatoms. The van der Waals surface area contributed by atoms with Crippen molar-refractivity contribution in [3.63, 3.8) is 0 Å². The van der Waals surface area contributed by atoms with E-state index in [1.807, 2.05) is 38.1 Å². The minimum atomic E-state index is -4.73. The summed E-state index contributed by atoms with van der Waals surface area (Å²) >= 11 is 0. The van der Waals surface area contributed by atoms with Crippen molar-refractivity contribution in [2.75, 3.05) is 19.5 Å². The van der Waals surface area contributed by atoms with Gasteiger partial charge in [-0.1, -0.05) is 44.2 Å². The summed E-state index contributed by atoms with van der Waals surface area (Å²) in [6, 6.07) is 14.9. The molecule has 0 unspecified atom stereocenters. The summed E-state index contributed by atoms with van der Waals surface area (Å²) in [6.07, 6.45) is -4.73. The second-order valence-corrected chi connectivity index (χ2v) is 10.4. The van der Waals surface area contributed by atoms with Gasteiger partial charge in [0.2, 0.25) is 0 Å². The minimum absolute atomic E-state index is 0.0968. The number of ether oxygens (including phenoxy) is 2. The Bertz CT molecular complexity index is 1810. The number of hydrogen-bond donors (Lipinski definition) is 1. The summed E-state index contributed by atoms with van der Waals surface area (Å²) in [4.78, 5) is 17.7. The average Bonchev–Trinajstić information content (AvgIpc) is 3.52. The van der Waals surface area contributed by atoms with Crippen molar-refractivity contribution in [1.82, 2.24) is 24.4 Å². The normalized spacial score (nSPS) is 11.8. The Hall–Kier alpha value is -4.87. The van der Waals surface area contributed by atoms with Crippen LogP contribution in [0.25, 0.3) is 16.9 Å². The van der Waals surface area contributed by atoms with Crippen molar-refractivity contribution in [3.05, 3.63) is 88.5 Å². The van der Waals surface area contributed by atoms with Crippen LogP contribution in [0.1, 0.15) is 58.5 Å². The number of rotatable bonds is 8. The van der Waals surface area contributed by atoms with Gasteiger partial charge in [0.05, 0.1) is 43.5 Å². The molecule has 224 valence electrons. The molecule has 0 atom stereocenters. The SMILES string of the molecule is COc1ccc(Cn2nc(C)c(NC(=O)c3cc4nc(-c5ccc(C(C)C)cc5)cc(C(F)(F)F)n4n3)c2C)cc1OC. The molecular weight excluding hydrogens is 561 g/mol. The van der Waals surface area contributed by atoms with Crippen LogP contribution < -0.4 is 14.8 Å². The monoisotopic (exact) mass is 592 g/mol. The number of carbonyl (C=O) groups is 1. The zero-order chi connectivity index (χ0) is 31.1. The van der Waals surface area contributed by atoms with Gasteiger partial charge in [0.25, 0.3) is 5.91 Å². The van der Waals surface area contributed by atoms with Gasteiger partial charge < -0.3 is 14.8 Å². The van der Waals surface area contributed by atoms with E-state index in [2.05, 4.69) is 20.5 Å². The molecule has 5 aromatic rings. The van der Waals surface area contributed by atoms with Gasteiger partial charge in [-0.2, -0.15) is 23.4 Å². The molecule has 0 saturated carbocycles. The van der Waals surface area contributed by atoms with Gasteiger partial charge in [0.1, 0.15) is 0 Å². The van der Waals surface area contributed by atoms with Gasteiger partial charge >= 0.3 is 6.18 Å². The highest BCUT2D eigenvalue weighted by Gasteiger charge is 2.36. The van der Waals surface area contributed by atoms with Crippen LogP contribution in [-0.2, 0) is 12.7 Å². The molecule has 0 fully saturated rings. The van der Waals surface area contributed by atoms with E-state index in [4.69, 9.17) is 9.47 Å². The van der Waals surface area contributed by atoms with Crippen LogP contribution in [0.3, 0.4) is 0 Å². The Labute approximate surface area is 246 Å². The number of methoxy groups -OCH3 is 2. The number of fused-ring (bicyclic) bond motifs is 1. The quantitative estimate of drug-likeness (QED) is 0.216. The van der Waals surface area contributed by atoms with E-state index in [1.54, 1.807) is 50.9 Å². The first-order valence-electron chi connectivity index (χ1n) is 13.5. The molecule has 9 nitrogen and oxygen atoms in total. The maximum absolute atomic E-state index is 14.1. The number of halogens is 3. The molecule has 0 spiro atoms. The number of aromatic nitrogens is 5. The third-order valence-electron chi connectivity index (χ3n) is 7.22. The highest BCUT2D eigenvalue weighted by Crippen LogP contribution is 2.33. The summed E-state index contributed by atoms with van der Waals surface area (Å²) < 4.78 is 55.4. The lowest BCUT2D eigenvalue weighted by atomic mass is 10.0. The number of hydrogen-bond acceptors (Lipinski definition) is 6. The van der Waals surface area contributed by atoms with Crippen molar-refractivity contribution < 1.29 is 27.4 Å². The Morgan fingerprint density at radius 2 is 1.65 bits per heavy atom. The predicted octanol–water partition coefficient (Wildman–Crippen LogP) is 6.67. The number of aryl methyl sites for hydroxylation is 1. The molecule has 1 amide bonds. The lowest BCUT2D eigenvalue weighted by molar-refractivity contribution is -0.142. The lowest BCUT2D eigenvalue weighted by Gasteiger charge is -2.12. The van der Waals surface area contributed by atoms with Gasteiger partial charge in [0, 0.05) is 11.6 Å². The molecule has 0 saturated heterocycles. The fourth-order valence-corrected chi connectivity index (χ4v) is 4.84. The molecule has 2 aromatic carbocycles. The van der Waals surface area contributed by atoms with E-state index in [9.17, 15) is 18.0 Å². The summed E-state index contributed by atoms with van der Waals surface area (Å²) in [5, 5.41) is 11.3. The molecule has 43 heavy (non-hydrogen) atoms. The fraction of sp³-hybridized carbons (Fsp3) is 0.290. The summed E-state index contributed by atoms with van der Waals surface area (Å²) in [5.41, 5.74) is 2.90. The molecule has 3 heterocycles. The number of amides is 1. The molecule has 3 aromatic heterocycles. The molecule has 0 radical (unpaired) electrons. The standard InChI is InChI=1S/C31H31F3N6O3/c1-17(2)21-8-10-22(11-9-21)23-14-27(31(32,33)34)40-28(35-23)15-24(38-40)30(41)36-29-18(3)37-39(19(29)4)16-20-7-12-25(42-5)26(13-20)43-6/h7-15,17H,16H2,1-6H3,(H,36,41). The third kappa shape index (κ3) is 5.90. The molecule has 0 aliphatic rings. The van der Waals surface area contributed by atoms with E-state index in [0.29, 0.717) is 45.2 Å². The largest absolute Gasteiger partial charge is 0.493 e. The van der Waals surface area contributed by atoms with Gasteiger partial charge in [-0.15, -0.1) is 0 Å². The van der Waals surface area contributed by atoms with Gasteiger partial charge in [-0.05, 0) is 49.1 Å². The van der Waals surface area contributed by atoms with E-state index >= 15 is 0 Å². The number of anilines is 1. The topological polar surface area (TPSA) is 95.6 Å². The summed E-state index contributed by atoms with van der Waals surface area (Å²) in [5.74, 6) is 0.763. The lowest BCUT2D eigenvalue weighted by Crippen LogP contribution is -2.16. The fourth-order valence-electron chi connectivity index (χ4n) is 4.84. The molecule has 1 N–H and O–H groups in total. The van der Waals surface area contributed by atoms with Gasteiger partial charge in [0.15, 0.2) is 28.5 Å². The predicted molar refractivity (Wildman–Crippen MR) is 156 cm³/mol. The van der Waals surface area contributed by atoms with Crippen molar-refractivity contribution in [3.8, 4) is 22.8 Å². The molecule has 0 bridgehead atoms. The first-order valence-corrected chi connectivity index (χ1v) is 13.5. The van der Waals surface area contributed by atoms with E-state index in [0.717, 1.165) is 17.2 Å². The summed E-state index contributed by atoms with van der Waals surface area (Å²) in [6.45, 7) is 7.98. The third-order valence-corrected chi connectivity index (χ3v) is 7.22. The van der Waals surface area contributed by atoms with Crippen LogP contribution in [-0.4, -0.2) is 44.5 Å². The highest BCUT2D eigenvalue weighted by molar-refractivity contribution is 6.04. The second kappa shape index (κ2) is 11.4. The Kier molecular flexibility index (Phi) is 7.87. The van der Waals surface area contributed by atoms with Gasteiger partial charge in [-0.25, -0.2) is 9.50 Å². The van der Waals surface area contributed by atoms with Gasteiger partial charge in [-0.3, -0.25) is 9.48 Å². The number of alkyl halides is 3. The zero-order valence-corrected chi connectivity index (χ0v) is 24.6. The van der Waals surface area contributed by atoms with Crippen molar-refractivity contribution in [2.24, 2.45) is 0 Å². The van der Waals surface area contributed by atoms with Crippen LogP contribution in [0.5, 0.6) is 11.5 Å². The minimum Gasteiger partial charge on any atom is -0.493 e. The Morgan fingerprint density at radius 3 is 2.28 bits per heavy atom. The zero-order valence-electron chi connectivity index (χ0n) is 24.6. The first kappa shape index (κ1) is 29.6. The van der Waals surface area contributed by atoms with E-state index in [-0.39, 0.29) is 23.0 Å². The van der Waals surface area contributed by atoms with Crippen molar-refractivity contribution in [1.29, 1.82) is 0 Å². The Balaban J connectivity index is 1.45. The first-order chi connectivity index (χ1) is 20.4. The molecular formula is C31H31F3N6O3. The van der Waals surface area contributed by atoms with Crippen LogP contribution in [0.15, 0.2) is 54.6 Å². The smallest absolute Gasteiger partial charge is 0.433 e. The summed E-state index contributed by atoms with van der Waals surface area (Å²) in [7, 11) is 3.11. The molecule has 5 rings (SSSR count). The van der Waals surface area contributed by atoms with Crippen LogP contribution in [0.2, 0.25) is 0 Å². The number of carbonyl (C=O) groups excluding carboxylic acids is 1. The van der Waals surface area contributed by atoms with Crippen LogP contribution in [0, 0.1) is 13.8 Å². The van der Waals surface area contributed by atoms with Crippen molar-refractivity contribution in [2.45, 2.75) is 46.3 Å². The number of nitrogens with one attached hydrogen (secondary N) is 1. The molecule has 0 aliphatic carbocycles.